The topological polar surface area (TPSA) is 33.1 Å². The second-order valence-corrected chi connectivity index (χ2v) is 4.80. The lowest BCUT2D eigenvalue weighted by Gasteiger charge is -2.02. The molecule has 1 heterocycles. The largest absolute Gasteiger partial charge is 0.508 e. The van der Waals surface area contributed by atoms with Crippen LogP contribution in [0, 0.1) is 0 Å². The second kappa shape index (κ2) is 4.68. The number of aromatic nitrogens is 1. The van der Waals surface area contributed by atoms with E-state index in [1.807, 2.05) is 24.3 Å². The van der Waals surface area contributed by atoms with Gasteiger partial charge < -0.3 is 5.11 Å². The lowest BCUT2D eigenvalue weighted by atomic mass is 10.3. The quantitative estimate of drug-likeness (QED) is 0.911. The predicted molar refractivity (Wildman–Crippen MR) is 64.2 cm³/mol. The molecule has 0 bridgehead atoms. The van der Waals surface area contributed by atoms with E-state index in [9.17, 15) is 0 Å². The van der Waals surface area contributed by atoms with Gasteiger partial charge in [0.05, 0.1) is 4.47 Å². The number of hydrogen-bond donors (Lipinski definition) is 1. The van der Waals surface area contributed by atoms with Crippen molar-refractivity contribution in [3.63, 3.8) is 0 Å². The van der Waals surface area contributed by atoms with Gasteiger partial charge in [0.25, 0.3) is 0 Å². The molecule has 0 fully saturated rings. The van der Waals surface area contributed by atoms with E-state index in [4.69, 9.17) is 5.11 Å². The highest BCUT2D eigenvalue weighted by Crippen LogP contribution is 2.31. The van der Waals surface area contributed by atoms with E-state index in [2.05, 4.69) is 20.9 Å². The fraction of sp³-hybridized carbons (Fsp3) is 0. The molecule has 0 spiro atoms. The number of rotatable bonds is 2. The molecule has 76 valence electrons. The Bertz CT molecular complexity index is 458. The summed E-state index contributed by atoms with van der Waals surface area (Å²) >= 11 is 4.99. The summed E-state index contributed by atoms with van der Waals surface area (Å²) in [6.07, 6.45) is 1.76. The van der Waals surface area contributed by atoms with Gasteiger partial charge in [-0.1, -0.05) is 11.8 Å². The lowest BCUT2D eigenvalue weighted by Crippen LogP contribution is -1.80. The number of pyridine rings is 1. The molecule has 0 amide bonds. The van der Waals surface area contributed by atoms with Gasteiger partial charge in [-0.05, 0) is 52.3 Å². The smallest absolute Gasteiger partial charge is 0.115 e. The van der Waals surface area contributed by atoms with Crippen molar-refractivity contribution in [2.75, 3.05) is 0 Å². The molecule has 1 aromatic heterocycles. The van der Waals surface area contributed by atoms with E-state index in [0.29, 0.717) is 0 Å². The summed E-state index contributed by atoms with van der Waals surface area (Å²) in [4.78, 5) is 5.30. The van der Waals surface area contributed by atoms with Crippen LogP contribution in [0.5, 0.6) is 5.75 Å². The number of hydrogen-bond acceptors (Lipinski definition) is 3. The van der Waals surface area contributed by atoms with Crippen LogP contribution >= 0.6 is 27.7 Å². The van der Waals surface area contributed by atoms with E-state index >= 15 is 0 Å². The third-order valence-electron chi connectivity index (χ3n) is 1.78. The van der Waals surface area contributed by atoms with Crippen molar-refractivity contribution in [2.45, 2.75) is 9.92 Å². The molecule has 1 aromatic carbocycles. The molecule has 2 aromatic rings. The van der Waals surface area contributed by atoms with Crippen molar-refractivity contribution < 1.29 is 5.11 Å². The Kier molecular flexibility index (Phi) is 3.28. The molecular weight excluding hydrogens is 274 g/mol. The maximum atomic E-state index is 9.14. The first-order chi connectivity index (χ1) is 7.25. The fourth-order valence-electron chi connectivity index (χ4n) is 1.07. The lowest BCUT2D eigenvalue weighted by molar-refractivity contribution is 0.475. The third-order valence-corrected chi connectivity index (χ3v) is 3.70. The molecule has 0 atom stereocenters. The Hall–Kier alpha value is -1.00. The fourth-order valence-corrected chi connectivity index (χ4v) is 2.34. The van der Waals surface area contributed by atoms with Crippen molar-refractivity contribution in [1.82, 2.24) is 4.98 Å². The Balaban J connectivity index is 2.22. The molecule has 15 heavy (non-hydrogen) atoms. The minimum atomic E-state index is 0.277. The van der Waals surface area contributed by atoms with E-state index in [-0.39, 0.29) is 5.75 Å². The van der Waals surface area contributed by atoms with Crippen molar-refractivity contribution >= 4 is 27.7 Å². The molecule has 1 N–H and O–H groups in total. The van der Waals surface area contributed by atoms with Gasteiger partial charge in [0.2, 0.25) is 0 Å². The molecule has 0 unspecified atom stereocenters. The number of phenols is 1. The highest BCUT2D eigenvalue weighted by Gasteiger charge is 2.02. The molecule has 4 heteroatoms. The number of aromatic hydroxyl groups is 1. The van der Waals surface area contributed by atoms with Gasteiger partial charge in [-0.25, -0.2) is 4.98 Å². The first kappa shape index (κ1) is 10.5. The first-order valence-electron chi connectivity index (χ1n) is 4.33. The first-order valence-corrected chi connectivity index (χ1v) is 5.94. The highest BCUT2D eigenvalue weighted by molar-refractivity contribution is 9.10. The van der Waals surface area contributed by atoms with Crippen LogP contribution in [0.3, 0.4) is 0 Å². The van der Waals surface area contributed by atoms with Crippen LogP contribution < -0.4 is 0 Å². The van der Waals surface area contributed by atoms with E-state index < -0.39 is 0 Å². The number of nitrogens with zero attached hydrogens (tertiary/aromatic N) is 1. The molecule has 0 aliphatic carbocycles. The summed E-state index contributed by atoms with van der Waals surface area (Å²) in [7, 11) is 0. The Morgan fingerprint density at radius 2 is 1.87 bits per heavy atom. The monoisotopic (exact) mass is 281 g/mol. The van der Waals surface area contributed by atoms with Crippen LogP contribution in [0.25, 0.3) is 0 Å². The van der Waals surface area contributed by atoms with Gasteiger partial charge in [0.1, 0.15) is 10.8 Å². The van der Waals surface area contributed by atoms with Gasteiger partial charge in [-0.3, -0.25) is 0 Å². The number of phenolic OH excluding ortho intramolecular Hbond substituents is 1. The normalized spacial score (nSPS) is 10.2. The summed E-state index contributed by atoms with van der Waals surface area (Å²) in [5.41, 5.74) is 0. The SMILES string of the molecule is Oc1ccc(Sc2ncccc2Br)cc1. The van der Waals surface area contributed by atoms with Crippen LogP contribution in [-0.4, -0.2) is 10.1 Å². The number of benzene rings is 1. The zero-order valence-electron chi connectivity index (χ0n) is 7.72. The summed E-state index contributed by atoms with van der Waals surface area (Å²) in [6, 6.07) is 10.9. The summed E-state index contributed by atoms with van der Waals surface area (Å²) in [5, 5.41) is 10.1. The van der Waals surface area contributed by atoms with Crippen LogP contribution in [0.15, 0.2) is 57.0 Å². The van der Waals surface area contributed by atoms with E-state index in [0.717, 1.165) is 14.4 Å². The van der Waals surface area contributed by atoms with Crippen molar-refractivity contribution in [3.8, 4) is 5.75 Å². The highest BCUT2D eigenvalue weighted by atomic mass is 79.9. The summed E-state index contributed by atoms with van der Waals surface area (Å²) in [6.45, 7) is 0. The molecule has 0 saturated heterocycles. The minimum absolute atomic E-state index is 0.277. The van der Waals surface area contributed by atoms with Crippen LogP contribution in [0.4, 0.5) is 0 Å². The minimum Gasteiger partial charge on any atom is -0.508 e. The molecule has 0 aliphatic heterocycles. The zero-order valence-corrected chi connectivity index (χ0v) is 10.1. The number of halogens is 1. The van der Waals surface area contributed by atoms with Crippen LogP contribution in [-0.2, 0) is 0 Å². The standard InChI is InChI=1S/C11H8BrNOS/c12-10-2-1-7-13-11(10)15-9-5-3-8(14)4-6-9/h1-7,14H. The Morgan fingerprint density at radius 1 is 1.13 bits per heavy atom. The Morgan fingerprint density at radius 3 is 2.53 bits per heavy atom. The molecule has 0 saturated carbocycles. The molecule has 0 radical (unpaired) electrons. The van der Waals surface area contributed by atoms with Crippen LogP contribution in [0.2, 0.25) is 0 Å². The Labute approximate surface area is 100 Å². The maximum absolute atomic E-state index is 9.14. The van der Waals surface area contributed by atoms with E-state index in [1.54, 1.807) is 30.1 Å². The maximum Gasteiger partial charge on any atom is 0.115 e. The zero-order chi connectivity index (χ0) is 10.7. The van der Waals surface area contributed by atoms with Gasteiger partial charge in [-0.2, -0.15) is 0 Å². The third kappa shape index (κ3) is 2.73. The van der Waals surface area contributed by atoms with E-state index in [1.165, 1.54) is 0 Å². The van der Waals surface area contributed by atoms with Crippen LogP contribution in [0.1, 0.15) is 0 Å². The van der Waals surface area contributed by atoms with Gasteiger partial charge in [0.15, 0.2) is 0 Å². The predicted octanol–water partition coefficient (Wildman–Crippen LogP) is 3.70. The van der Waals surface area contributed by atoms with Gasteiger partial charge in [-0.15, -0.1) is 0 Å². The summed E-state index contributed by atoms with van der Waals surface area (Å²) in [5.74, 6) is 0.277. The molecule has 2 rings (SSSR count). The van der Waals surface area contributed by atoms with Crippen molar-refractivity contribution in [3.05, 3.63) is 47.1 Å². The molecular formula is C11H8BrNOS. The average Bonchev–Trinajstić information content (AvgIpc) is 2.25. The molecule has 0 aliphatic rings. The van der Waals surface area contributed by atoms with Crippen molar-refractivity contribution in [2.24, 2.45) is 0 Å². The second-order valence-electron chi connectivity index (χ2n) is 2.89. The van der Waals surface area contributed by atoms with Gasteiger partial charge in [0, 0.05) is 11.1 Å². The molecule has 2 nitrogen and oxygen atoms in total. The van der Waals surface area contributed by atoms with Crippen molar-refractivity contribution in [1.29, 1.82) is 0 Å². The average molecular weight is 282 g/mol. The van der Waals surface area contributed by atoms with Gasteiger partial charge >= 0.3 is 0 Å². The summed E-state index contributed by atoms with van der Waals surface area (Å²) < 4.78 is 0.975.